The highest BCUT2D eigenvalue weighted by molar-refractivity contribution is 9.10. The van der Waals surface area contributed by atoms with Crippen molar-refractivity contribution in [3.63, 3.8) is 0 Å². The Bertz CT molecular complexity index is 1430. The number of aryl methyl sites for hydroxylation is 1. The average Bonchev–Trinajstić information content (AvgIpc) is 3.37. The number of hydrogen-bond donors (Lipinski definition) is 0. The van der Waals surface area contributed by atoms with Gasteiger partial charge in [0.2, 0.25) is 5.78 Å². The van der Waals surface area contributed by atoms with Crippen LogP contribution in [0.1, 0.15) is 28.8 Å². The van der Waals surface area contributed by atoms with E-state index in [1.807, 2.05) is 24.3 Å². The molecule has 2 aromatic heterocycles. The van der Waals surface area contributed by atoms with Crippen molar-refractivity contribution in [1.82, 2.24) is 9.61 Å². The van der Waals surface area contributed by atoms with E-state index in [1.165, 1.54) is 4.52 Å². The summed E-state index contributed by atoms with van der Waals surface area (Å²) in [7, 11) is -4.37. The quantitative estimate of drug-likeness (QED) is 0.274. The van der Waals surface area contributed by atoms with E-state index < -0.39 is 26.4 Å². The van der Waals surface area contributed by atoms with Crippen LogP contribution in [0.5, 0.6) is 5.75 Å². The molecule has 0 radical (unpaired) electrons. The summed E-state index contributed by atoms with van der Waals surface area (Å²) < 4.78 is 31.9. The van der Waals surface area contributed by atoms with Crippen molar-refractivity contribution in [2.75, 3.05) is 17.8 Å². The first-order valence-electron chi connectivity index (χ1n) is 9.85. The molecule has 4 rings (SSSR count). The third-order valence-electron chi connectivity index (χ3n) is 5.12. The molecule has 0 amide bonds. The fourth-order valence-electron chi connectivity index (χ4n) is 3.74. The maximum absolute atomic E-state index is 13.5. The fourth-order valence-corrected chi connectivity index (χ4v) is 6.82. The van der Waals surface area contributed by atoms with Crippen LogP contribution in [0, 0.1) is 18.3 Å². The molecule has 0 atom stereocenters. The molecule has 32 heavy (non-hydrogen) atoms. The maximum atomic E-state index is 13.5. The summed E-state index contributed by atoms with van der Waals surface area (Å²) in [5.74, 6) is 1.04. The molecule has 166 valence electrons. The van der Waals surface area contributed by atoms with Crippen molar-refractivity contribution < 1.29 is 17.4 Å². The van der Waals surface area contributed by atoms with Crippen molar-refractivity contribution in [3.8, 4) is 23.1 Å². The van der Waals surface area contributed by atoms with E-state index in [0.29, 0.717) is 16.8 Å². The van der Waals surface area contributed by atoms with Crippen LogP contribution >= 0.6 is 26.4 Å². The summed E-state index contributed by atoms with van der Waals surface area (Å²) >= 11 is 3.44. The van der Waals surface area contributed by atoms with Gasteiger partial charge in [-0.15, -0.1) is 0 Å². The molecule has 0 saturated carbocycles. The Labute approximate surface area is 197 Å². The van der Waals surface area contributed by atoms with Crippen LogP contribution in [0.25, 0.3) is 16.8 Å². The summed E-state index contributed by atoms with van der Waals surface area (Å²) in [5, 5.41) is 14.3. The molecule has 7 nitrogen and oxygen atoms in total. The van der Waals surface area contributed by atoms with E-state index in [9.17, 15) is 18.5 Å². The normalized spacial score (nSPS) is 14.4. The molecule has 10 heteroatoms. The molecule has 1 saturated heterocycles. The second-order valence-corrected chi connectivity index (χ2v) is 12.3. The minimum Gasteiger partial charge on any atom is -0.379 e. The average molecular weight is 534 g/mol. The predicted octanol–water partition coefficient (Wildman–Crippen LogP) is 4.35. The lowest BCUT2D eigenvalue weighted by atomic mass is 10.0. The zero-order valence-electron chi connectivity index (χ0n) is 17.5. The molecule has 0 N–H and O–H groups in total. The van der Waals surface area contributed by atoms with Crippen LogP contribution in [0.4, 0.5) is 0 Å². The number of Topliss-reactive ketones (excluding diaryl/α,β-unsaturated/α-hetero) is 1. The van der Waals surface area contributed by atoms with Crippen LogP contribution in [0.15, 0.2) is 41.0 Å². The number of pyridine rings is 1. The van der Waals surface area contributed by atoms with E-state index in [-0.39, 0.29) is 16.2 Å². The van der Waals surface area contributed by atoms with Crippen molar-refractivity contribution in [2.24, 2.45) is 0 Å². The van der Waals surface area contributed by atoms with Gasteiger partial charge < -0.3 is 4.18 Å². The Morgan fingerprint density at radius 2 is 2.00 bits per heavy atom. The topological polar surface area (TPSA) is 102 Å². The molecule has 1 aliphatic heterocycles. The minimum atomic E-state index is -3.95. The molecule has 0 unspecified atom stereocenters. The summed E-state index contributed by atoms with van der Waals surface area (Å²) in [4.78, 5) is 13.7. The lowest BCUT2D eigenvalue weighted by molar-refractivity contribution is 0.106. The summed E-state index contributed by atoms with van der Waals surface area (Å²) in [6, 6.07) is 11.3. The Kier molecular flexibility index (Phi) is 6.25. The van der Waals surface area contributed by atoms with Crippen LogP contribution in [0.2, 0.25) is 0 Å². The number of hydrogen-bond acceptors (Lipinski definition) is 6. The SMILES string of the molecule is Cc1cn2nc(-c3cccc(Br)c3)cc2c(OS(C)(=O)=O)c1C(=O)C(C#N)=S1CCCC1. The van der Waals surface area contributed by atoms with Gasteiger partial charge in [-0.2, -0.15) is 29.3 Å². The third-order valence-corrected chi connectivity index (χ3v) is 8.50. The monoisotopic (exact) mass is 533 g/mol. The first-order valence-corrected chi connectivity index (χ1v) is 14.0. The second-order valence-electron chi connectivity index (χ2n) is 7.55. The van der Waals surface area contributed by atoms with Gasteiger partial charge in [0.25, 0.3) is 0 Å². The van der Waals surface area contributed by atoms with E-state index in [0.717, 1.165) is 40.6 Å². The molecule has 3 aromatic rings. The van der Waals surface area contributed by atoms with Gasteiger partial charge in [-0.1, -0.05) is 28.1 Å². The van der Waals surface area contributed by atoms with Gasteiger partial charge in [0.05, 0.1) is 17.5 Å². The summed E-state index contributed by atoms with van der Waals surface area (Å²) in [6.45, 7) is 1.69. The molecule has 0 spiro atoms. The minimum absolute atomic E-state index is 0.0956. The Hall–Kier alpha value is -2.48. The first-order chi connectivity index (χ1) is 15.2. The van der Waals surface area contributed by atoms with E-state index in [1.54, 1.807) is 19.2 Å². The van der Waals surface area contributed by atoms with Gasteiger partial charge in [-0.3, -0.25) is 4.79 Å². The number of carbonyl (C=O) groups is 1. The first kappa shape index (κ1) is 22.7. The number of rotatable bonds is 5. The molecular formula is C22H20BrN3O4S2. The zero-order valence-corrected chi connectivity index (χ0v) is 20.7. The number of carbonyl (C=O) groups excluding carboxylic acids is 1. The molecular weight excluding hydrogens is 514 g/mol. The molecule has 0 bridgehead atoms. The van der Waals surface area contributed by atoms with Crippen molar-refractivity contribution in [2.45, 2.75) is 19.8 Å². The van der Waals surface area contributed by atoms with Gasteiger partial charge in [-0.05, 0) is 55.0 Å². The lowest BCUT2D eigenvalue weighted by Crippen LogP contribution is -2.19. The maximum Gasteiger partial charge on any atom is 0.306 e. The highest BCUT2D eigenvalue weighted by Gasteiger charge is 2.28. The second kappa shape index (κ2) is 8.81. The van der Waals surface area contributed by atoms with Crippen LogP contribution < -0.4 is 4.18 Å². The zero-order chi connectivity index (χ0) is 23.0. The Morgan fingerprint density at radius 3 is 2.62 bits per heavy atom. The number of fused-ring (bicyclic) bond motifs is 1. The van der Waals surface area contributed by atoms with Crippen molar-refractivity contribution in [1.29, 1.82) is 5.26 Å². The number of aromatic nitrogens is 2. The third kappa shape index (κ3) is 4.51. The van der Waals surface area contributed by atoms with Gasteiger partial charge in [0.15, 0.2) is 5.75 Å². The number of nitriles is 1. The van der Waals surface area contributed by atoms with E-state index in [2.05, 4.69) is 27.1 Å². The number of ketones is 1. The van der Waals surface area contributed by atoms with Gasteiger partial charge in [-0.25, -0.2) is 4.52 Å². The molecule has 1 aromatic carbocycles. The smallest absolute Gasteiger partial charge is 0.306 e. The molecule has 3 heterocycles. The lowest BCUT2D eigenvalue weighted by Gasteiger charge is -2.14. The molecule has 1 aliphatic rings. The van der Waals surface area contributed by atoms with Crippen molar-refractivity contribution in [3.05, 3.63) is 52.1 Å². The molecule has 0 aliphatic carbocycles. The van der Waals surface area contributed by atoms with Crippen LogP contribution in [-0.4, -0.2) is 46.4 Å². The van der Waals surface area contributed by atoms with Crippen LogP contribution in [0.3, 0.4) is 0 Å². The standard InChI is InChI=1S/C22H20BrN3O4S2/c1-14-13-26-18(11-17(25-26)15-6-5-7-16(23)10-15)22(30-32(2,28)29)20(14)21(27)19(12-24)31-8-3-4-9-31/h5-7,10-11,13H,3-4,8-9H2,1-2H3. The summed E-state index contributed by atoms with van der Waals surface area (Å²) in [6.07, 6.45) is 4.54. The van der Waals surface area contributed by atoms with Crippen LogP contribution in [-0.2, 0) is 10.1 Å². The van der Waals surface area contributed by atoms with Gasteiger partial charge in [0, 0.05) is 16.2 Å². The van der Waals surface area contributed by atoms with E-state index in [4.69, 9.17) is 4.18 Å². The highest BCUT2D eigenvalue weighted by Crippen LogP contribution is 2.35. The number of nitrogens with zero attached hydrogens (tertiary/aromatic N) is 3. The largest absolute Gasteiger partial charge is 0.379 e. The van der Waals surface area contributed by atoms with E-state index >= 15 is 0 Å². The Balaban J connectivity index is 1.97. The highest BCUT2D eigenvalue weighted by atomic mass is 79.9. The number of benzene rings is 1. The molecule has 1 fully saturated rings. The van der Waals surface area contributed by atoms with Gasteiger partial charge >= 0.3 is 10.1 Å². The fraction of sp³-hybridized carbons (Fsp3) is 0.273. The predicted molar refractivity (Wildman–Crippen MR) is 130 cm³/mol. The van der Waals surface area contributed by atoms with Gasteiger partial charge in [0.1, 0.15) is 16.5 Å². The summed E-state index contributed by atoms with van der Waals surface area (Å²) in [5.41, 5.74) is 2.33. The van der Waals surface area contributed by atoms with Crippen molar-refractivity contribution >= 4 is 52.7 Å². The Morgan fingerprint density at radius 1 is 1.28 bits per heavy atom. The number of halogens is 1.